The van der Waals surface area contributed by atoms with Crippen molar-refractivity contribution in [2.24, 2.45) is 0 Å². The third-order valence-electron chi connectivity index (χ3n) is 4.45. The SMILES string of the molecule is Nn1c(SCC(=O)NC2CCN(Cc3ccccc3)CC2)nnc1C(F)(F)F. The number of nitrogen functional groups attached to an aromatic ring is 1. The lowest BCUT2D eigenvalue weighted by molar-refractivity contribution is -0.146. The molecule has 0 bridgehead atoms. The van der Waals surface area contributed by atoms with Crippen LogP contribution in [0.3, 0.4) is 0 Å². The van der Waals surface area contributed by atoms with Gasteiger partial charge in [0.1, 0.15) is 0 Å². The highest BCUT2D eigenvalue weighted by Gasteiger charge is 2.38. The summed E-state index contributed by atoms with van der Waals surface area (Å²) in [5.74, 6) is 3.73. The molecule has 1 aliphatic rings. The number of hydrogen-bond acceptors (Lipinski definition) is 6. The molecular weight excluding hydrogens is 393 g/mol. The van der Waals surface area contributed by atoms with E-state index in [-0.39, 0.29) is 22.9 Å². The third-order valence-corrected chi connectivity index (χ3v) is 5.40. The van der Waals surface area contributed by atoms with Crippen molar-refractivity contribution in [3.63, 3.8) is 0 Å². The smallest absolute Gasteiger partial charge is 0.353 e. The Morgan fingerprint density at radius 3 is 2.50 bits per heavy atom. The number of nitrogens with one attached hydrogen (secondary N) is 1. The monoisotopic (exact) mass is 414 g/mol. The number of piperidine rings is 1. The van der Waals surface area contributed by atoms with Crippen LogP contribution in [0.25, 0.3) is 0 Å². The van der Waals surface area contributed by atoms with Gasteiger partial charge in [-0.2, -0.15) is 13.2 Å². The Balaban J connectivity index is 1.41. The van der Waals surface area contributed by atoms with Crippen LogP contribution in [0, 0.1) is 0 Å². The summed E-state index contributed by atoms with van der Waals surface area (Å²) in [4.78, 5) is 14.4. The predicted molar refractivity (Wildman–Crippen MR) is 98.8 cm³/mol. The van der Waals surface area contributed by atoms with Crippen molar-refractivity contribution in [3.05, 3.63) is 41.7 Å². The lowest BCUT2D eigenvalue weighted by Gasteiger charge is -2.32. The molecule has 1 aliphatic heterocycles. The molecule has 11 heteroatoms. The van der Waals surface area contributed by atoms with Gasteiger partial charge >= 0.3 is 6.18 Å². The molecule has 1 aromatic heterocycles. The molecule has 3 rings (SSSR count). The lowest BCUT2D eigenvalue weighted by atomic mass is 10.0. The number of alkyl halides is 3. The summed E-state index contributed by atoms with van der Waals surface area (Å²) in [7, 11) is 0. The number of halogens is 3. The minimum atomic E-state index is -4.68. The number of nitrogens with zero attached hydrogens (tertiary/aromatic N) is 4. The third kappa shape index (κ3) is 5.38. The van der Waals surface area contributed by atoms with Gasteiger partial charge in [0.2, 0.25) is 11.1 Å². The van der Waals surface area contributed by atoms with E-state index in [0.29, 0.717) is 4.68 Å². The Morgan fingerprint density at radius 1 is 1.21 bits per heavy atom. The first-order valence-corrected chi connectivity index (χ1v) is 9.77. The van der Waals surface area contributed by atoms with Crippen LogP contribution in [0.5, 0.6) is 0 Å². The first kappa shape index (κ1) is 20.5. The van der Waals surface area contributed by atoms with Crippen molar-refractivity contribution in [3.8, 4) is 0 Å². The number of carbonyl (C=O) groups excluding carboxylic acids is 1. The van der Waals surface area contributed by atoms with E-state index in [0.717, 1.165) is 44.2 Å². The van der Waals surface area contributed by atoms with Crippen LogP contribution in [0.1, 0.15) is 24.2 Å². The number of benzene rings is 1. The topological polar surface area (TPSA) is 89.1 Å². The van der Waals surface area contributed by atoms with Gasteiger partial charge in [-0.1, -0.05) is 42.1 Å². The van der Waals surface area contributed by atoms with Gasteiger partial charge in [0.05, 0.1) is 5.75 Å². The second kappa shape index (κ2) is 8.82. The van der Waals surface area contributed by atoms with Gasteiger partial charge in [-0.15, -0.1) is 10.2 Å². The summed E-state index contributed by atoms with van der Waals surface area (Å²) in [5, 5.41) is 9.19. The normalized spacial score (nSPS) is 16.2. The maximum absolute atomic E-state index is 12.6. The second-order valence-electron chi connectivity index (χ2n) is 6.57. The number of amides is 1. The van der Waals surface area contributed by atoms with E-state index in [1.165, 1.54) is 5.56 Å². The molecule has 1 fully saturated rings. The fourth-order valence-corrected chi connectivity index (χ4v) is 3.71. The number of thioether (sulfide) groups is 1. The van der Waals surface area contributed by atoms with Crippen LogP contribution >= 0.6 is 11.8 Å². The molecule has 1 saturated heterocycles. The average Bonchev–Trinajstić information content (AvgIpc) is 3.03. The molecule has 7 nitrogen and oxygen atoms in total. The van der Waals surface area contributed by atoms with Crippen LogP contribution in [0.2, 0.25) is 0 Å². The summed E-state index contributed by atoms with van der Waals surface area (Å²) >= 11 is 0.825. The molecule has 0 atom stereocenters. The Kier molecular flexibility index (Phi) is 6.45. The first-order valence-electron chi connectivity index (χ1n) is 8.79. The Hall–Kier alpha value is -2.27. The molecule has 28 heavy (non-hydrogen) atoms. The van der Waals surface area contributed by atoms with E-state index in [2.05, 4.69) is 32.5 Å². The van der Waals surface area contributed by atoms with Crippen LogP contribution in [-0.4, -0.2) is 50.6 Å². The lowest BCUT2D eigenvalue weighted by Crippen LogP contribution is -2.44. The highest BCUT2D eigenvalue weighted by atomic mass is 32.2. The van der Waals surface area contributed by atoms with Crippen molar-refractivity contribution in [1.82, 2.24) is 25.1 Å². The van der Waals surface area contributed by atoms with Crippen LogP contribution in [0.4, 0.5) is 13.2 Å². The average molecular weight is 414 g/mol. The van der Waals surface area contributed by atoms with E-state index in [9.17, 15) is 18.0 Å². The zero-order valence-electron chi connectivity index (χ0n) is 15.0. The Morgan fingerprint density at radius 2 is 1.89 bits per heavy atom. The standard InChI is InChI=1S/C17H21F3N6OS/c18-17(19,20)15-23-24-16(26(15)21)28-11-14(27)22-13-6-8-25(9-7-13)10-12-4-2-1-3-5-12/h1-5,13H,6-11,21H2,(H,22,27). The summed E-state index contributed by atoms with van der Waals surface area (Å²) in [6.07, 6.45) is -3.03. The van der Waals surface area contributed by atoms with Crippen molar-refractivity contribution >= 4 is 17.7 Å². The van der Waals surface area contributed by atoms with E-state index in [4.69, 9.17) is 5.84 Å². The van der Waals surface area contributed by atoms with Gasteiger partial charge in [0.15, 0.2) is 0 Å². The molecule has 0 saturated carbocycles. The molecule has 0 aliphatic carbocycles. The van der Waals surface area contributed by atoms with E-state index in [1.54, 1.807) is 0 Å². The number of carbonyl (C=O) groups is 1. The molecular formula is C17H21F3N6OS. The molecule has 1 amide bonds. The molecule has 152 valence electrons. The van der Waals surface area contributed by atoms with Gasteiger partial charge in [0.25, 0.3) is 5.82 Å². The van der Waals surface area contributed by atoms with Crippen LogP contribution in [-0.2, 0) is 17.5 Å². The largest absolute Gasteiger partial charge is 0.453 e. The fourth-order valence-electron chi connectivity index (χ4n) is 3.05. The van der Waals surface area contributed by atoms with Crippen molar-refractivity contribution in [2.75, 3.05) is 24.7 Å². The number of hydrogen-bond donors (Lipinski definition) is 2. The molecule has 1 aromatic carbocycles. The highest BCUT2D eigenvalue weighted by Crippen LogP contribution is 2.28. The summed E-state index contributed by atoms with van der Waals surface area (Å²) < 4.78 is 38.3. The summed E-state index contributed by atoms with van der Waals surface area (Å²) in [6, 6.07) is 10.2. The van der Waals surface area contributed by atoms with Gasteiger partial charge in [-0.3, -0.25) is 9.69 Å². The molecule has 3 N–H and O–H groups in total. The fraction of sp³-hybridized carbons (Fsp3) is 0.471. The van der Waals surface area contributed by atoms with Gasteiger partial charge in [-0.05, 0) is 18.4 Å². The van der Waals surface area contributed by atoms with Crippen LogP contribution in [0.15, 0.2) is 35.5 Å². The number of nitrogens with two attached hydrogens (primary N) is 1. The van der Waals surface area contributed by atoms with Gasteiger partial charge in [-0.25, -0.2) is 4.68 Å². The maximum Gasteiger partial charge on any atom is 0.453 e. The number of rotatable bonds is 6. The van der Waals surface area contributed by atoms with E-state index in [1.807, 2.05) is 18.2 Å². The number of likely N-dealkylation sites (tertiary alicyclic amines) is 1. The molecule has 2 heterocycles. The maximum atomic E-state index is 12.6. The van der Waals surface area contributed by atoms with Crippen LogP contribution < -0.4 is 11.2 Å². The summed E-state index contributed by atoms with van der Waals surface area (Å²) in [5.41, 5.74) is 1.26. The van der Waals surface area contributed by atoms with E-state index >= 15 is 0 Å². The highest BCUT2D eigenvalue weighted by molar-refractivity contribution is 7.99. The van der Waals surface area contributed by atoms with Gasteiger partial charge in [0, 0.05) is 25.7 Å². The minimum Gasteiger partial charge on any atom is -0.353 e. The second-order valence-corrected chi connectivity index (χ2v) is 7.51. The van der Waals surface area contributed by atoms with Crippen molar-refractivity contribution in [2.45, 2.75) is 36.8 Å². The predicted octanol–water partition coefficient (Wildman–Crippen LogP) is 1.88. The molecule has 2 aromatic rings. The van der Waals surface area contributed by atoms with Gasteiger partial charge < -0.3 is 11.2 Å². The Bertz CT molecular complexity index is 790. The molecule has 0 spiro atoms. The zero-order chi connectivity index (χ0) is 20.1. The molecule has 0 radical (unpaired) electrons. The van der Waals surface area contributed by atoms with Crippen molar-refractivity contribution in [1.29, 1.82) is 0 Å². The quantitative estimate of drug-likeness (QED) is 0.554. The summed E-state index contributed by atoms with van der Waals surface area (Å²) in [6.45, 7) is 2.63. The zero-order valence-corrected chi connectivity index (χ0v) is 15.8. The van der Waals surface area contributed by atoms with Crippen molar-refractivity contribution < 1.29 is 18.0 Å². The van der Waals surface area contributed by atoms with E-state index < -0.39 is 12.0 Å². The Labute approximate surface area is 164 Å². The number of aromatic nitrogens is 3. The first-order chi connectivity index (χ1) is 13.3. The molecule has 0 unspecified atom stereocenters. The minimum absolute atomic E-state index is 0.0570.